The molecule has 0 amide bonds. The van der Waals surface area contributed by atoms with Gasteiger partial charge in [-0.3, -0.25) is 4.79 Å². The molecule has 0 heterocycles. The molecular formula is C32H35NO3. The Morgan fingerprint density at radius 2 is 1.50 bits per heavy atom. The maximum atomic E-state index is 13.9. The molecule has 0 saturated heterocycles. The monoisotopic (exact) mass is 481 g/mol. The quantitative estimate of drug-likeness (QED) is 0.212. The molecule has 0 saturated carbocycles. The van der Waals surface area contributed by atoms with Crippen LogP contribution < -0.4 is 9.47 Å². The fourth-order valence-electron chi connectivity index (χ4n) is 4.48. The summed E-state index contributed by atoms with van der Waals surface area (Å²) < 4.78 is 12.0. The number of carbonyl (C=O) groups excluding carboxylic acids is 1. The van der Waals surface area contributed by atoms with Gasteiger partial charge in [-0.05, 0) is 73.6 Å². The molecule has 4 aromatic rings. The third-order valence-electron chi connectivity index (χ3n) is 6.38. The lowest BCUT2D eigenvalue weighted by Crippen LogP contribution is -2.27. The number of fused-ring (bicyclic) bond motifs is 1. The van der Waals surface area contributed by atoms with Crippen LogP contribution in [0, 0.1) is 0 Å². The van der Waals surface area contributed by atoms with Crippen molar-refractivity contribution in [3.05, 3.63) is 96.1 Å². The minimum Gasteiger partial charge on any atom is -0.492 e. The Morgan fingerprint density at radius 1 is 0.806 bits per heavy atom. The molecule has 36 heavy (non-hydrogen) atoms. The lowest BCUT2D eigenvalue weighted by molar-refractivity contribution is 0.103. The maximum Gasteiger partial charge on any atom is 0.197 e. The molecule has 0 aliphatic rings. The van der Waals surface area contributed by atoms with Crippen molar-refractivity contribution in [2.75, 3.05) is 26.2 Å². The molecule has 0 unspecified atom stereocenters. The Hall–Kier alpha value is -3.63. The van der Waals surface area contributed by atoms with Crippen molar-refractivity contribution in [2.24, 2.45) is 0 Å². The number of ketones is 1. The first-order chi connectivity index (χ1) is 17.5. The van der Waals surface area contributed by atoms with Gasteiger partial charge in [0.2, 0.25) is 0 Å². The summed E-state index contributed by atoms with van der Waals surface area (Å²) in [5, 5.41) is 2.14. The molecule has 0 bridgehead atoms. The fraction of sp³-hybridized carbons (Fsp3) is 0.281. The molecule has 0 aromatic heterocycles. The molecule has 4 nitrogen and oxygen atoms in total. The number of likely N-dealkylation sites (N-methyl/N-ethyl adjacent to an activating group) is 1. The minimum absolute atomic E-state index is 0.0238. The van der Waals surface area contributed by atoms with Crippen LogP contribution in [0.15, 0.2) is 84.9 Å². The Kier molecular flexibility index (Phi) is 8.40. The summed E-state index contributed by atoms with van der Waals surface area (Å²) in [6.07, 6.45) is -0.0238. The van der Waals surface area contributed by atoms with Crippen LogP contribution in [0.3, 0.4) is 0 Å². The fourth-order valence-corrected chi connectivity index (χ4v) is 4.48. The van der Waals surface area contributed by atoms with Gasteiger partial charge in [0, 0.05) is 17.7 Å². The van der Waals surface area contributed by atoms with Gasteiger partial charge in [-0.15, -0.1) is 0 Å². The summed E-state index contributed by atoms with van der Waals surface area (Å²) in [6.45, 7) is 11.8. The van der Waals surface area contributed by atoms with Crippen LogP contribution >= 0.6 is 0 Å². The number of hydrogen-bond donors (Lipinski definition) is 0. The van der Waals surface area contributed by atoms with Crippen LogP contribution in [-0.4, -0.2) is 43.0 Å². The van der Waals surface area contributed by atoms with E-state index >= 15 is 0 Å². The zero-order chi connectivity index (χ0) is 25.5. The number of benzene rings is 4. The normalized spacial score (nSPS) is 11.3. The molecule has 0 radical (unpaired) electrons. The zero-order valence-corrected chi connectivity index (χ0v) is 21.7. The van der Waals surface area contributed by atoms with Gasteiger partial charge in [0.1, 0.15) is 18.1 Å². The van der Waals surface area contributed by atoms with Gasteiger partial charge in [-0.25, -0.2) is 0 Å². The second-order valence-electron chi connectivity index (χ2n) is 9.10. The second kappa shape index (κ2) is 11.9. The maximum absolute atomic E-state index is 13.9. The highest BCUT2D eigenvalue weighted by Crippen LogP contribution is 2.35. The van der Waals surface area contributed by atoms with E-state index in [2.05, 4.69) is 30.9 Å². The van der Waals surface area contributed by atoms with Crippen LogP contribution in [0.2, 0.25) is 0 Å². The zero-order valence-electron chi connectivity index (χ0n) is 21.7. The molecular weight excluding hydrogens is 446 g/mol. The van der Waals surface area contributed by atoms with E-state index in [1.165, 1.54) is 0 Å². The highest BCUT2D eigenvalue weighted by Gasteiger charge is 2.21. The average molecular weight is 482 g/mol. The summed E-state index contributed by atoms with van der Waals surface area (Å²) in [5.74, 6) is 1.38. The number of para-hydroxylation sites is 1. The molecule has 4 aromatic carbocycles. The molecule has 4 heteroatoms. The van der Waals surface area contributed by atoms with Crippen LogP contribution in [0.1, 0.15) is 43.6 Å². The van der Waals surface area contributed by atoms with Crippen molar-refractivity contribution in [3.63, 3.8) is 0 Å². The summed E-state index contributed by atoms with van der Waals surface area (Å²) in [6, 6.07) is 27.7. The molecule has 4 rings (SSSR count). The minimum atomic E-state index is -0.0495. The van der Waals surface area contributed by atoms with E-state index < -0.39 is 0 Å². The summed E-state index contributed by atoms with van der Waals surface area (Å²) in [5.41, 5.74) is 3.13. The number of hydrogen-bond acceptors (Lipinski definition) is 4. The van der Waals surface area contributed by atoms with Crippen LogP contribution in [-0.2, 0) is 0 Å². The van der Waals surface area contributed by atoms with Gasteiger partial charge in [0.05, 0.1) is 11.7 Å². The third kappa shape index (κ3) is 5.77. The third-order valence-corrected chi connectivity index (χ3v) is 6.38. The van der Waals surface area contributed by atoms with Gasteiger partial charge in [0.25, 0.3) is 0 Å². The van der Waals surface area contributed by atoms with Gasteiger partial charge >= 0.3 is 0 Å². The van der Waals surface area contributed by atoms with Crippen LogP contribution in [0.25, 0.3) is 21.9 Å². The predicted molar refractivity (Wildman–Crippen MR) is 148 cm³/mol. The van der Waals surface area contributed by atoms with Crippen molar-refractivity contribution in [2.45, 2.75) is 33.8 Å². The first kappa shape index (κ1) is 25.5. The van der Waals surface area contributed by atoms with E-state index in [9.17, 15) is 4.79 Å². The lowest BCUT2D eigenvalue weighted by atomic mass is 9.89. The summed E-state index contributed by atoms with van der Waals surface area (Å²) in [7, 11) is 0. The van der Waals surface area contributed by atoms with E-state index in [1.807, 2.05) is 86.6 Å². The van der Waals surface area contributed by atoms with Crippen molar-refractivity contribution in [1.82, 2.24) is 4.90 Å². The topological polar surface area (TPSA) is 38.8 Å². The van der Waals surface area contributed by atoms with Gasteiger partial charge in [0.15, 0.2) is 5.78 Å². The SMILES string of the molecule is CCN(CC)CCOc1ccc(-c2c(C(=O)c3ccccc3OC(C)C)ccc3ccccc23)cc1. The van der Waals surface area contributed by atoms with E-state index in [4.69, 9.17) is 9.47 Å². The Labute approximate surface area is 214 Å². The standard InChI is InChI=1S/C32H35NO3/c1-5-33(6-2)21-22-35-26-18-15-25(16-19-26)31-27-12-8-7-11-24(27)17-20-29(31)32(34)28-13-9-10-14-30(28)36-23(3)4/h7-20,23H,5-6,21-22H2,1-4H3. The Morgan fingerprint density at radius 3 is 2.22 bits per heavy atom. The highest BCUT2D eigenvalue weighted by molar-refractivity contribution is 6.18. The Bertz CT molecular complexity index is 1310. The molecule has 0 aliphatic carbocycles. The Balaban J connectivity index is 1.71. The molecule has 186 valence electrons. The van der Waals surface area contributed by atoms with Crippen molar-refractivity contribution in [3.8, 4) is 22.6 Å². The molecule has 0 fully saturated rings. The van der Waals surface area contributed by atoms with E-state index in [-0.39, 0.29) is 11.9 Å². The largest absolute Gasteiger partial charge is 0.492 e. The van der Waals surface area contributed by atoms with E-state index in [0.29, 0.717) is 23.5 Å². The second-order valence-corrected chi connectivity index (χ2v) is 9.10. The van der Waals surface area contributed by atoms with Gasteiger partial charge in [-0.1, -0.05) is 68.4 Å². The van der Waals surface area contributed by atoms with Gasteiger partial charge in [-0.2, -0.15) is 0 Å². The van der Waals surface area contributed by atoms with Crippen molar-refractivity contribution in [1.29, 1.82) is 0 Å². The van der Waals surface area contributed by atoms with E-state index in [0.717, 1.165) is 47.3 Å². The molecule has 0 N–H and O–H groups in total. The smallest absolute Gasteiger partial charge is 0.197 e. The number of ether oxygens (including phenoxy) is 2. The summed E-state index contributed by atoms with van der Waals surface area (Å²) in [4.78, 5) is 16.2. The van der Waals surface area contributed by atoms with Crippen molar-refractivity contribution >= 4 is 16.6 Å². The number of carbonyl (C=O) groups is 1. The summed E-state index contributed by atoms with van der Waals surface area (Å²) >= 11 is 0. The first-order valence-electron chi connectivity index (χ1n) is 12.8. The van der Waals surface area contributed by atoms with E-state index in [1.54, 1.807) is 0 Å². The first-order valence-corrected chi connectivity index (χ1v) is 12.8. The number of rotatable bonds is 11. The van der Waals surface area contributed by atoms with Crippen LogP contribution in [0.5, 0.6) is 11.5 Å². The van der Waals surface area contributed by atoms with Crippen molar-refractivity contribution < 1.29 is 14.3 Å². The highest BCUT2D eigenvalue weighted by atomic mass is 16.5. The average Bonchev–Trinajstić information content (AvgIpc) is 2.90. The van der Waals surface area contributed by atoms with Crippen LogP contribution in [0.4, 0.5) is 0 Å². The lowest BCUT2D eigenvalue weighted by Gasteiger charge is -2.18. The molecule has 0 atom stereocenters. The molecule has 0 aliphatic heterocycles. The molecule has 0 spiro atoms. The van der Waals surface area contributed by atoms with Gasteiger partial charge < -0.3 is 14.4 Å². The predicted octanol–water partition coefficient (Wildman–Crippen LogP) is 7.25. The number of nitrogens with zero attached hydrogens (tertiary/aromatic N) is 1.